The molecule has 0 bridgehead atoms. The van der Waals surface area contributed by atoms with Crippen LogP contribution in [-0.4, -0.2) is 39.7 Å². The van der Waals surface area contributed by atoms with Crippen molar-refractivity contribution in [2.75, 3.05) is 18.5 Å². The standard InChI is InChI=1S/C22H25N3O4S/c1-5-24-14(3)11-16(15(24)4)12-19-21(27)25(22(28)30-19)13-20(26)23-17-7-9-18(10-8-17)29-6-2/h7-12H,5-6,13H2,1-4H3,(H,23,26)/b19-12-. The maximum absolute atomic E-state index is 12.7. The Kier molecular flexibility index (Phi) is 6.66. The molecule has 1 aliphatic rings. The number of hydrogen-bond acceptors (Lipinski definition) is 5. The average molecular weight is 428 g/mol. The second kappa shape index (κ2) is 9.21. The molecule has 0 aliphatic carbocycles. The lowest BCUT2D eigenvalue weighted by Crippen LogP contribution is -2.36. The van der Waals surface area contributed by atoms with Crippen LogP contribution in [0.15, 0.2) is 35.2 Å². The molecular weight excluding hydrogens is 402 g/mol. The summed E-state index contributed by atoms with van der Waals surface area (Å²) in [5.74, 6) is -0.186. The zero-order chi connectivity index (χ0) is 21.8. The van der Waals surface area contributed by atoms with Crippen LogP contribution in [0.3, 0.4) is 0 Å². The first-order valence-corrected chi connectivity index (χ1v) is 10.6. The van der Waals surface area contributed by atoms with Crippen molar-refractivity contribution in [2.45, 2.75) is 34.2 Å². The van der Waals surface area contributed by atoms with Gasteiger partial charge in [-0.15, -0.1) is 0 Å². The fourth-order valence-corrected chi connectivity index (χ4v) is 4.21. The maximum atomic E-state index is 12.7. The molecular formula is C22H25N3O4S. The number of thioether (sulfide) groups is 1. The number of ether oxygens (including phenoxy) is 1. The quantitative estimate of drug-likeness (QED) is 0.670. The number of rotatable bonds is 7. The van der Waals surface area contributed by atoms with Gasteiger partial charge < -0.3 is 14.6 Å². The van der Waals surface area contributed by atoms with E-state index in [0.29, 0.717) is 22.9 Å². The molecule has 1 aromatic carbocycles. The monoisotopic (exact) mass is 427 g/mol. The highest BCUT2D eigenvalue weighted by molar-refractivity contribution is 8.18. The topological polar surface area (TPSA) is 80.6 Å². The van der Waals surface area contributed by atoms with Crippen molar-refractivity contribution in [2.24, 2.45) is 0 Å². The summed E-state index contributed by atoms with van der Waals surface area (Å²) in [6.45, 7) is 8.99. The Morgan fingerprint density at radius 3 is 2.47 bits per heavy atom. The lowest BCUT2D eigenvalue weighted by Gasteiger charge is -2.12. The zero-order valence-electron chi connectivity index (χ0n) is 17.5. The molecule has 30 heavy (non-hydrogen) atoms. The first-order valence-electron chi connectivity index (χ1n) is 9.78. The van der Waals surface area contributed by atoms with E-state index in [1.807, 2.05) is 26.8 Å². The molecule has 0 saturated carbocycles. The van der Waals surface area contributed by atoms with Gasteiger partial charge in [-0.25, -0.2) is 0 Å². The molecule has 1 N–H and O–H groups in total. The van der Waals surface area contributed by atoms with Crippen LogP contribution in [0.25, 0.3) is 6.08 Å². The molecule has 3 rings (SSSR count). The summed E-state index contributed by atoms with van der Waals surface area (Å²) in [6, 6.07) is 8.90. The van der Waals surface area contributed by atoms with Gasteiger partial charge in [-0.2, -0.15) is 0 Å². The van der Waals surface area contributed by atoms with Gasteiger partial charge in [0.25, 0.3) is 11.1 Å². The van der Waals surface area contributed by atoms with E-state index in [1.165, 1.54) is 0 Å². The Morgan fingerprint density at radius 2 is 1.87 bits per heavy atom. The van der Waals surface area contributed by atoms with Crippen molar-refractivity contribution in [1.29, 1.82) is 0 Å². The van der Waals surface area contributed by atoms with Crippen LogP contribution in [0.1, 0.15) is 30.8 Å². The lowest BCUT2D eigenvalue weighted by molar-refractivity contribution is -0.127. The van der Waals surface area contributed by atoms with Crippen LogP contribution >= 0.6 is 11.8 Å². The van der Waals surface area contributed by atoms with Gasteiger partial charge in [0.15, 0.2) is 0 Å². The van der Waals surface area contributed by atoms with E-state index < -0.39 is 17.1 Å². The Bertz CT molecular complexity index is 1010. The molecule has 1 aromatic heterocycles. The van der Waals surface area contributed by atoms with Crippen molar-refractivity contribution in [1.82, 2.24) is 9.47 Å². The summed E-state index contributed by atoms with van der Waals surface area (Å²) in [5.41, 5.74) is 3.60. The van der Waals surface area contributed by atoms with E-state index in [9.17, 15) is 14.4 Å². The molecule has 1 aliphatic heterocycles. The fourth-order valence-electron chi connectivity index (χ4n) is 3.38. The SMILES string of the molecule is CCOc1ccc(NC(=O)CN2C(=O)S/C(=C\c3cc(C)n(CC)c3C)C2=O)cc1. The van der Waals surface area contributed by atoms with Crippen LogP contribution < -0.4 is 10.1 Å². The summed E-state index contributed by atoms with van der Waals surface area (Å²) in [5, 5.41) is 2.25. The number of anilines is 1. The molecule has 0 unspecified atom stereocenters. The lowest BCUT2D eigenvalue weighted by atomic mass is 10.2. The Hall–Kier alpha value is -3.00. The third kappa shape index (κ3) is 4.59. The van der Waals surface area contributed by atoms with Crippen molar-refractivity contribution < 1.29 is 19.1 Å². The van der Waals surface area contributed by atoms with E-state index >= 15 is 0 Å². The predicted octanol–water partition coefficient (Wildman–Crippen LogP) is 4.20. The van der Waals surface area contributed by atoms with Crippen molar-refractivity contribution in [3.8, 4) is 5.75 Å². The van der Waals surface area contributed by atoms with Gasteiger partial charge in [0.1, 0.15) is 12.3 Å². The van der Waals surface area contributed by atoms with Crippen LogP contribution in [-0.2, 0) is 16.1 Å². The van der Waals surface area contributed by atoms with E-state index in [0.717, 1.165) is 40.2 Å². The molecule has 158 valence electrons. The molecule has 0 spiro atoms. The van der Waals surface area contributed by atoms with Gasteiger partial charge in [-0.3, -0.25) is 19.3 Å². The van der Waals surface area contributed by atoms with Gasteiger partial charge in [-0.1, -0.05) is 0 Å². The number of imide groups is 1. The number of aryl methyl sites for hydroxylation is 1. The highest BCUT2D eigenvalue weighted by atomic mass is 32.2. The zero-order valence-corrected chi connectivity index (χ0v) is 18.3. The van der Waals surface area contributed by atoms with Crippen LogP contribution in [0.5, 0.6) is 5.75 Å². The molecule has 7 nitrogen and oxygen atoms in total. The maximum Gasteiger partial charge on any atom is 0.294 e. The number of carbonyl (C=O) groups is 3. The number of nitrogens with zero attached hydrogens (tertiary/aromatic N) is 2. The van der Waals surface area contributed by atoms with Gasteiger partial charge in [0.2, 0.25) is 5.91 Å². The fraction of sp³-hybridized carbons (Fsp3) is 0.318. The Labute approximate surface area is 180 Å². The van der Waals surface area contributed by atoms with Crippen molar-refractivity contribution in [3.05, 3.63) is 52.2 Å². The minimum absolute atomic E-state index is 0.324. The average Bonchev–Trinajstić information content (AvgIpc) is 3.13. The van der Waals surface area contributed by atoms with Crippen LogP contribution in [0.4, 0.5) is 10.5 Å². The third-order valence-electron chi connectivity index (χ3n) is 4.84. The number of nitrogens with one attached hydrogen (secondary N) is 1. The minimum atomic E-state index is -0.451. The number of carbonyl (C=O) groups excluding carboxylic acids is 3. The van der Waals surface area contributed by atoms with E-state index in [2.05, 4.69) is 16.8 Å². The van der Waals surface area contributed by atoms with Crippen molar-refractivity contribution in [3.63, 3.8) is 0 Å². The molecule has 1 saturated heterocycles. The summed E-state index contributed by atoms with van der Waals surface area (Å²) in [6.07, 6.45) is 1.73. The first kappa shape index (κ1) is 21.7. The van der Waals surface area contributed by atoms with Gasteiger partial charge in [0, 0.05) is 23.6 Å². The third-order valence-corrected chi connectivity index (χ3v) is 5.75. The van der Waals surface area contributed by atoms with Crippen LogP contribution in [0, 0.1) is 13.8 Å². The largest absolute Gasteiger partial charge is 0.494 e. The molecule has 0 radical (unpaired) electrons. The molecule has 2 aromatic rings. The summed E-state index contributed by atoms with van der Waals surface area (Å²) in [7, 11) is 0. The highest BCUT2D eigenvalue weighted by Crippen LogP contribution is 2.33. The summed E-state index contributed by atoms with van der Waals surface area (Å²) in [4.78, 5) is 38.7. The number of benzene rings is 1. The first-order chi connectivity index (χ1) is 14.3. The summed E-state index contributed by atoms with van der Waals surface area (Å²) >= 11 is 0.857. The van der Waals surface area contributed by atoms with Gasteiger partial charge in [0.05, 0.1) is 11.5 Å². The molecule has 8 heteroatoms. The molecule has 1 fully saturated rings. The predicted molar refractivity (Wildman–Crippen MR) is 118 cm³/mol. The number of hydrogen-bond donors (Lipinski definition) is 1. The van der Waals surface area contributed by atoms with Crippen LogP contribution in [0.2, 0.25) is 0 Å². The van der Waals surface area contributed by atoms with Gasteiger partial charge >= 0.3 is 0 Å². The van der Waals surface area contributed by atoms with Gasteiger partial charge in [-0.05, 0) is 81.4 Å². The highest BCUT2D eigenvalue weighted by Gasteiger charge is 2.36. The Balaban J connectivity index is 1.68. The number of amides is 3. The smallest absolute Gasteiger partial charge is 0.294 e. The number of aromatic nitrogens is 1. The van der Waals surface area contributed by atoms with Crippen molar-refractivity contribution >= 4 is 40.6 Å². The van der Waals surface area contributed by atoms with E-state index in [1.54, 1.807) is 30.3 Å². The molecule has 3 amide bonds. The second-order valence-electron chi connectivity index (χ2n) is 6.84. The normalized spacial score (nSPS) is 15.2. The molecule has 0 atom stereocenters. The minimum Gasteiger partial charge on any atom is -0.494 e. The molecule has 2 heterocycles. The van der Waals surface area contributed by atoms with E-state index in [4.69, 9.17) is 4.74 Å². The van der Waals surface area contributed by atoms with E-state index in [-0.39, 0.29) is 6.54 Å². The Morgan fingerprint density at radius 1 is 1.17 bits per heavy atom. The summed E-state index contributed by atoms with van der Waals surface area (Å²) < 4.78 is 7.51. The second-order valence-corrected chi connectivity index (χ2v) is 7.84.